The number of benzene rings is 2. The van der Waals surface area contributed by atoms with E-state index in [-0.39, 0.29) is 39.0 Å². The summed E-state index contributed by atoms with van der Waals surface area (Å²) >= 11 is 12.3. The fraction of sp³-hybridized carbons (Fsp3) is 0.381. The maximum absolute atomic E-state index is 12.8. The maximum atomic E-state index is 12.8. The number of halogens is 2. The predicted octanol–water partition coefficient (Wildman–Crippen LogP) is 3.96. The first-order valence-corrected chi connectivity index (χ1v) is 11.7. The van der Waals surface area contributed by atoms with Crippen molar-refractivity contribution in [3.05, 3.63) is 63.6 Å². The second-order valence-electron chi connectivity index (χ2n) is 7.61. The highest BCUT2D eigenvalue weighted by Crippen LogP contribution is 2.29. The standard InChI is InChI=1S/C21H27Cl2N3O3S/c1-14(2)12-25-30(28,29)20-10-16(17(22)11-18(20)23)21(27)24-13-19(26(3)4)15-8-6-5-7-9-15/h5-11,14,19,25H,12-13H2,1-4H3,(H,24,27)/t19-/m1/s1. The minimum absolute atomic E-state index is 0.0386. The second-order valence-corrected chi connectivity index (χ2v) is 10.2. The molecule has 1 amide bonds. The largest absolute Gasteiger partial charge is 0.350 e. The van der Waals surface area contributed by atoms with Crippen LogP contribution in [-0.2, 0) is 10.0 Å². The van der Waals surface area contributed by atoms with Crippen molar-refractivity contribution in [2.75, 3.05) is 27.2 Å². The summed E-state index contributed by atoms with van der Waals surface area (Å²) in [6.07, 6.45) is 0. The lowest BCUT2D eigenvalue weighted by molar-refractivity contribution is 0.0942. The fourth-order valence-electron chi connectivity index (χ4n) is 2.82. The van der Waals surface area contributed by atoms with E-state index >= 15 is 0 Å². The summed E-state index contributed by atoms with van der Waals surface area (Å²) in [7, 11) is -0.0337. The Bertz CT molecular complexity index is 980. The number of hydrogen-bond acceptors (Lipinski definition) is 4. The van der Waals surface area contributed by atoms with E-state index in [1.165, 1.54) is 12.1 Å². The van der Waals surface area contributed by atoms with Gasteiger partial charge in [0.1, 0.15) is 4.90 Å². The van der Waals surface area contributed by atoms with Crippen molar-refractivity contribution in [1.29, 1.82) is 0 Å². The van der Waals surface area contributed by atoms with Gasteiger partial charge in [0.05, 0.1) is 21.7 Å². The molecule has 0 heterocycles. The number of nitrogens with zero attached hydrogens (tertiary/aromatic N) is 1. The topological polar surface area (TPSA) is 78.5 Å². The summed E-state index contributed by atoms with van der Waals surface area (Å²) in [5.74, 6) is -0.352. The third-order valence-electron chi connectivity index (χ3n) is 4.50. The van der Waals surface area contributed by atoms with Crippen LogP contribution in [-0.4, -0.2) is 46.4 Å². The van der Waals surface area contributed by atoms with Crippen molar-refractivity contribution in [1.82, 2.24) is 14.9 Å². The number of nitrogens with one attached hydrogen (secondary N) is 2. The molecule has 0 fully saturated rings. The first kappa shape index (κ1) is 24.6. The highest BCUT2D eigenvalue weighted by molar-refractivity contribution is 7.89. The zero-order chi connectivity index (χ0) is 22.5. The van der Waals surface area contributed by atoms with E-state index in [0.29, 0.717) is 6.54 Å². The van der Waals surface area contributed by atoms with Gasteiger partial charge < -0.3 is 10.2 Å². The number of amides is 1. The molecule has 2 aromatic rings. The van der Waals surface area contributed by atoms with Gasteiger partial charge in [-0.1, -0.05) is 67.4 Å². The molecule has 30 heavy (non-hydrogen) atoms. The van der Waals surface area contributed by atoms with E-state index in [1.54, 1.807) is 0 Å². The lowest BCUT2D eigenvalue weighted by atomic mass is 10.1. The van der Waals surface area contributed by atoms with Crippen molar-refractivity contribution in [2.24, 2.45) is 5.92 Å². The SMILES string of the molecule is CC(C)CNS(=O)(=O)c1cc(C(=O)NC[C@H](c2ccccc2)N(C)C)c(Cl)cc1Cl. The van der Waals surface area contributed by atoms with Crippen molar-refractivity contribution in [2.45, 2.75) is 24.8 Å². The molecule has 0 radical (unpaired) electrons. The Morgan fingerprint density at radius 3 is 2.23 bits per heavy atom. The van der Waals surface area contributed by atoms with Crippen LogP contribution >= 0.6 is 23.2 Å². The summed E-state index contributed by atoms with van der Waals surface area (Å²) < 4.78 is 27.7. The third-order valence-corrected chi connectivity index (χ3v) is 6.70. The van der Waals surface area contributed by atoms with Gasteiger partial charge in [0.25, 0.3) is 5.91 Å². The number of rotatable bonds is 9. The Kier molecular flexibility index (Phi) is 8.70. The fourth-order valence-corrected chi connectivity index (χ4v) is 4.89. The zero-order valence-electron chi connectivity index (χ0n) is 17.4. The minimum atomic E-state index is -3.88. The number of carbonyl (C=O) groups is 1. The van der Waals surface area contributed by atoms with Crippen LogP contribution in [0.25, 0.3) is 0 Å². The van der Waals surface area contributed by atoms with Crippen LogP contribution in [0.1, 0.15) is 35.8 Å². The van der Waals surface area contributed by atoms with E-state index in [4.69, 9.17) is 23.2 Å². The van der Waals surface area contributed by atoms with Gasteiger partial charge in [-0.15, -0.1) is 0 Å². The Labute approximate surface area is 188 Å². The highest BCUT2D eigenvalue weighted by atomic mass is 35.5. The average molecular weight is 472 g/mol. The van der Waals surface area contributed by atoms with Crippen LogP contribution in [0.3, 0.4) is 0 Å². The smallest absolute Gasteiger partial charge is 0.252 e. The van der Waals surface area contributed by atoms with Gasteiger partial charge in [-0.2, -0.15) is 0 Å². The van der Waals surface area contributed by atoms with Crippen LogP contribution in [0.5, 0.6) is 0 Å². The summed E-state index contributed by atoms with van der Waals surface area (Å²) in [6, 6.07) is 12.2. The van der Waals surface area contributed by atoms with Crippen LogP contribution < -0.4 is 10.0 Å². The highest BCUT2D eigenvalue weighted by Gasteiger charge is 2.23. The number of likely N-dealkylation sites (N-methyl/N-ethyl adjacent to an activating group) is 1. The molecule has 0 unspecified atom stereocenters. The molecule has 2 rings (SSSR count). The van der Waals surface area contributed by atoms with Crippen LogP contribution in [0.15, 0.2) is 47.4 Å². The second kappa shape index (κ2) is 10.6. The van der Waals surface area contributed by atoms with E-state index < -0.39 is 15.9 Å². The molecule has 9 heteroatoms. The minimum Gasteiger partial charge on any atom is -0.350 e. The van der Waals surface area contributed by atoms with Crippen LogP contribution in [0, 0.1) is 5.92 Å². The Balaban J connectivity index is 2.25. The zero-order valence-corrected chi connectivity index (χ0v) is 19.8. The van der Waals surface area contributed by atoms with Crippen LogP contribution in [0.2, 0.25) is 10.0 Å². The molecule has 6 nitrogen and oxygen atoms in total. The summed E-state index contributed by atoms with van der Waals surface area (Å²) in [5, 5.41) is 2.89. The predicted molar refractivity (Wildman–Crippen MR) is 122 cm³/mol. The van der Waals surface area contributed by atoms with Crippen molar-refractivity contribution < 1.29 is 13.2 Å². The summed E-state index contributed by atoms with van der Waals surface area (Å²) in [4.78, 5) is 14.6. The molecule has 0 aliphatic rings. The molecule has 0 aliphatic heterocycles. The Hall–Kier alpha value is -1.64. The van der Waals surface area contributed by atoms with Crippen LogP contribution in [0.4, 0.5) is 0 Å². The van der Waals surface area contributed by atoms with Gasteiger partial charge in [-0.3, -0.25) is 4.79 Å². The molecular weight excluding hydrogens is 445 g/mol. The molecule has 0 aromatic heterocycles. The van der Waals surface area contributed by atoms with Gasteiger partial charge in [0.2, 0.25) is 10.0 Å². The van der Waals surface area contributed by atoms with Crippen molar-refractivity contribution >= 4 is 39.1 Å². The number of carbonyl (C=O) groups excluding carboxylic acids is 1. The number of hydrogen-bond donors (Lipinski definition) is 2. The normalized spacial score (nSPS) is 12.9. The summed E-state index contributed by atoms with van der Waals surface area (Å²) in [6.45, 7) is 4.35. The first-order valence-electron chi connectivity index (χ1n) is 9.51. The molecule has 0 aliphatic carbocycles. The molecule has 0 spiro atoms. The molecule has 0 bridgehead atoms. The maximum Gasteiger partial charge on any atom is 0.252 e. The molecular formula is C21H27Cl2N3O3S. The lowest BCUT2D eigenvalue weighted by Crippen LogP contribution is -2.35. The van der Waals surface area contributed by atoms with E-state index in [0.717, 1.165) is 5.56 Å². The monoisotopic (exact) mass is 471 g/mol. The Morgan fingerprint density at radius 1 is 1.03 bits per heavy atom. The van der Waals surface area contributed by atoms with Gasteiger partial charge in [0, 0.05) is 13.1 Å². The van der Waals surface area contributed by atoms with Gasteiger partial charge in [-0.05, 0) is 37.7 Å². The summed E-state index contributed by atoms with van der Waals surface area (Å²) in [5.41, 5.74) is 1.10. The van der Waals surface area contributed by atoms with Gasteiger partial charge in [-0.25, -0.2) is 13.1 Å². The van der Waals surface area contributed by atoms with Gasteiger partial charge in [0.15, 0.2) is 0 Å². The van der Waals surface area contributed by atoms with E-state index in [2.05, 4.69) is 10.0 Å². The van der Waals surface area contributed by atoms with Gasteiger partial charge >= 0.3 is 0 Å². The first-order chi connectivity index (χ1) is 14.0. The molecule has 1 atom stereocenters. The van der Waals surface area contributed by atoms with E-state index in [1.807, 2.05) is 63.2 Å². The average Bonchev–Trinajstić information content (AvgIpc) is 2.67. The lowest BCUT2D eigenvalue weighted by Gasteiger charge is -2.25. The molecule has 0 saturated heterocycles. The third kappa shape index (κ3) is 6.43. The Morgan fingerprint density at radius 2 is 1.67 bits per heavy atom. The van der Waals surface area contributed by atoms with E-state index in [9.17, 15) is 13.2 Å². The molecule has 164 valence electrons. The van der Waals surface area contributed by atoms with Crippen molar-refractivity contribution in [3.8, 4) is 0 Å². The number of sulfonamides is 1. The quantitative estimate of drug-likeness (QED) is 0.579. The molecule has 2 aromatic carbocycles. The van der Waals surface area contributed by atoms with Crippen molar-refractivity contribution in [3.63, 3.8) is 0 Å². The molecule has 2 N–H and O–H groups in total. The molecule has 0 saturated carbocycles.